The van der Waals surface area contributed by atoms with Crippen molar-refractivity contribution in [2.75, 3.05) is 18.4 Å². The van der Waals surface area contributed by atoms with E-state index in [0.29, 0.717) is 5.95 Å². The number of piperidine rings is 1. The van der Waals surface area contributed by atoms with Crippen LogP contribution in [0.15, 0.2) is 6.33 Å². The second-order valence-corrected chi connectivity index (χ2v) is 3.72. The Hall–Kier alpha value is -1.43. The molecule has 2 rings (SSSR count). The lowest BCUT2D eigenvalue weighted by atomic mass is 9.97. The van der Waals surface area contributed by atoms with Crippen LogP contribution in [0.5, 0.6) is 0 Å². The molecule has 0 radical (unpaired) electrons. The lowest BCUT2D eigenvalue weighted by Gasteiger charge is -2.21. The van der Waals surface area contributed by atoms with Crippen LogP contribution < -0.4 is 10.6 Å². The molecule has 0 aromatic carbocycles. The number of anilines is 1. The number of aromatic nitrogens is 3. The molecule has 1 aliphatic rings. The average Bonchev–Trinajstić information content (AvgIpc) is 2.66. The van der Waals surface area contributed by atoms with Crippen molar-refractivity contribution < 1.29 is 4.79 Å². The Bertz CT molecular complexity index is 342. The largest absolute Gasteiger partial charge is 0.317 e. The van der Waals surface area contributed by atoms with Crippen LogP contribution in [-0.4, -0.2) is 33.8 Å². The van der Waals surface area contributed by atoms with Crippen LogP contribution in [0.1, 0.15) is 12.8 Å². The summed E-state index contributed by atoms with van der Waals surface area (Å²) in [5.74, 6) is 0.661. The summed E-state index contributed by atoms with van der Waals surface area (Å²) in [6, 6.07) is 0. The van der Waals surface area contributed by atoms with E-state index in [1.165, 1.54) is 6.33 Å². The van der Waals surface area contributed by atoms with Gasteiger partial charge in [-0.05, 0) is 25.9 Å². The molecule has 82 valence electrons. The van der Waals surface area contributed by atoms with Gasteiger partial charge in [0.25, 0.3) is 0 Å². The van der Waals surface area contributed by atoms with Gasteiger partial charge in [0.2, 0.25) is 11.9 Å². The molecular formula is C9H15N5O. The highest BCUT2D eigenvalue weighted by Crippen LogP contribution is 2.13. The molecule has 2 N–H and O–H groups in total. The molecule has 1 aliphatic heterocycles. The van der Waals surface area contributed by atoms with Crippen molar-refractivity contribution in [1.82, 2.24) is 20.1 Å². The Kier molecular flexibility index (Phi) is 2.96. The third-order valence-corrected chi connectivity index (χ3v) is 2.66. The topological polar surface area (TPSA) is 71.8 Å². The number of nitrogens with one attached hydrogen (secondary N) is 2. The minimum Gasteiger partial charge on any atom is -0.317 e. The fourth-order valence-corrected chi connectivity index (χ4v) is 1.71. The first-order chi connectivity index (χ1) is 7.27. The molecule has 0 spiro atoms. The number of nitrogens with zero attached hydrogens (tertiary/aromatic N) is 3. The second kappa shape index (κ2) is 4.39. The van der Waals surface area contributed by atoms with Crippen LogP contribution >= 0.6 is 0 Å². The van der Waals surface area contributed by atoms with Crippen LogP contribution in [0.4, 0.5) is 5.95 Å². The molecule has 1 fully saturated rings. The standard InChI is InChI=1S/C9H15N5O/c1-14-9(11-6-12-14)13-8(15)7-2-4-10-5-3-7/h6-7,10H,2-5H2,1H3,(H,11,12,13,15). The molecule has 0 bridgehead atoms. The van der Waals surface area contributed by atoms with E-state index in [1.807, 2.05) is 0 Å². The number of hydrogen-bond donors (Lipinski definition) is 2. The number of carbonyl (C=O) groups excluding carboxylic acids is 1. The molecule has 1 aromatic rings. The highest BCUT2D eigenvalue weighted by molar-refractivity contribution is 5.91. The minimum atomic E-state index is 0.0487. The summed E-state index contributed by atoms with van der Waals surface area (Å²) < 4.78 is 1.55. The van der Waals surface area contributed by atoms with Gasteiger partial charge in [0.05, 0.1) is 0 Å². The number of hydrogen-bond acceptors (Lipinski definition) is 4. The van der Waals surface area contributed by atoms with Crippen LogP contribution in [0.2, 0.25) is 0 Å². The molecule has 6 heteroatoms. The summed E-state index contributed by atoms with van der Waals surface area (Å²) >= 11 is 0. The lowest BCUT2D eigenvalue weighted by molar-refractivity contribution is -0.120. The molecule has 1 amide bonds. The molecule has 6 nitrogen and oxygen atoms in total. The molecule has 15 heavy (non-hydrogen) atoms. The van der Waals surface area contributed by atoms with Crippen LogP contribution in [0.25, 0.3) is 0 Å². The number of amides is 1. The SMILES string of the molecule is Cn1ncnc1NC(=O)C1CCNCC1. The summed E-state index contributed by atoms with van der Waals surface area (Å²) in [6.07, 6.45) is 3.21. The Morgan fingerprint density at radius 2 is 2.33 bits per heavy atom. The maximum absolute atomic E-state index is 11.8. The fourth-order valence-electron chi connectivity index (χ4n) is 1.71. The predicted octanol–water partition coefficient (Wildman–Crippen LogP) is -0.247. The molecule has 1 saturated heterocycles. The summed E-state index contributed by atoms with van der Waals surface area (Å²) in [4.78, 5) is 15.8. The van der Waals surface area contributed by atoms with Gasteiger partial charge < -0.3 is 5.32 Å². The highest BCUT2D eigenvalue weighted by atomic mass is 16.2. The van der Waals surface area contributed by atoms with Gasteiger partial charge in [-0.2, -0.15) is 10.1 Å². The summed E-state index contributed by atoms with van der Waals surface area (Å²) in [7, 11) is 1.75. The first-order valence-electron chi connectivity index (χ1n) is 5.13. The number of aryl methyl sites for hydroxylation is 1. The maximum Gasteiger partial charge on any atom is 0.229 e. The van der Waals surface area contributed by atoms with Crippen molar-refractivity contribution >= 4 is 11.9 Å². The van der Waals surface area contributed by atoms with Gasteiger partial charge >= 0.3 is 0 Å². The third-order valence-electron chi connectivity index (χ3n) is 2.66. The van der Waals surface area contributed by atoms with E-state index in [4.69, 9.17) is 0 Å². The van der Waals surface area contributed by atoms with E-state index >= 15 is 0 Å². The zero-order chi connectivity index (χ0) is 10.7. The first kappa shape index (κ1) is 10.1. The van der Waals surface area contributed by atoms with E-state index in [9.17, 15) is 4.79 Å². The zero-order valence-corrected chi connectivity index (χ0v) is 8.73. The van der Waals surface area contributed by atoms with Crippen molar-refractivity contribution in [3.8, 4) is 0 Å². The fraction of sp³-hybridized carbons (Fsp3) is 0.667. The van der Waals surface area contributed by atoms with Crippen molar-refractivity contribution in [2.45, 2.75) is 12.8 Å². The average molecular weight is 209 g/mol. The molecule has 0 atom stereocenters. The summed E-state index contributed by atoms with van der Waals surface area (Å²) in [5, 5.41) is 9.90. The Morgan fingerprint density at radius 3 is 2.93 bits per heavy atom. The van der Waals surface area contributed by atoms with Gasteiger partial charge in [-0.25, -0.2) is 4.68 Å². The van der Waals surface area contributed by atoms with E-state index in [-0.39, 0.29) is 11.8 Å². The van der Waals surface area contributed by atoms with E-state index in [1.54, 1.807) is 11.7 Å². The molecule has 2 heterocycles. The molecular weight excluding hydrogens is 194 g/mol. The second-order valence-electron chi connectivity index (χ2n) is 3.72. The monoisotopic (exact) mass is 209 g/mol. The molecule has 0 aliphatic carbocycles. The van der Waals surface area contributed by atoms with Crippen LogP contribution in [-0.2, 0) is 11.8 Å². The molecule has 1 aromatic heterocycles. The van der Waals surface area contributed by atoms with Crippen molar-refractivity contribution in [1.29, 1.82) is 0 Å². The Labute approximate surface area is 88.1 Å². The van der Waals surface area contributed by atoms with E-state index in [0.717, 1.165) is 25.9 Å². The smallest absolute Gasteiger partial charge is 0.229 e. The Balaban J connectivity index is 1.94. The van der Waals surface area contributed by atoms with E-state index in [2.05, 4.69) is 20.7 Å². The van der Waals surface area contributed by atoms with E-state index < -0.39 is 0 Å². The number of rotatable bonds is 2. The predicted molar refractivity (Wildman–Crippen MR) is 55.2 cm³/mol. The van der Waals surface area contributed by atoms with Crippen molar-refractivity contribution in [2.24, 2.45) is 13.0 Å². The van der Waals surface area contributed by atoms with Crippen molar-refractivity contribution in [3.05, 3.63) is 6.33 Å². The van der Waals surface area contributed by atoms with Gasteiger partial charge in [0, 0.05) is 13.0 Å². The van der Waals surface area contributed by atoms with Gasteiger partial charge in [-0.15, -0.1) is 0 Å². The maximum atomic E-state index is 11.8. The zero-order valence-electron chi connectivity index (χ0n) is 8.73. The quantitative estimate of drug-likeness (QED) is 0.704. The minimum absolute atomic E-state index is 0.0487. The highest BCUT2D eigenvalue weighted by Gasteiger charge is 2.21. The third kappa shape index (κ3) is 2.33. The molecule has 0 saturated carbocycles. The first-order valence-corrected chi connectivity index (χ1v) is 5.13. The normalized spacial score (nSPS) is 17.7. The van der Waals surface area contributed by atoms with Crippen LogP contribution in [0.3, 0.4) is 0 Å². The van der Waals surface area contributed by atoms with Gasteiger partial charge in [0.15, 0.2) is 0 Å². The van der Waals surface area contributed by atoms with Crippen molar-refractivity contribution in [3.63, 3.8) is 0 Å². The lowest BCUT2D eigenvalue weighted by Crippen LogP contribution is -2.35. The van der Waals surface area contributed by atoms with Gasteiger partial charge in [-0.1, -0.05) is 0 Å². The summed E-state index contributed by atoms with van der Waals surface area (Å²) in [6.45, 7) is 1.83. The number of carbonyl (C=O) groups is 1. The summed E-state index contributed by atoms with van der Waals surface area (Å²) in [5.41, 5.74) is 0. The molecule has 0 unspecified atom stereocenters. The van der Waals surface area contributed by atoms with Crippen LogP contribution in [0, 0.1) is 5.92 Å². The Morgan fingerprint density at radius 1 is 1.60 bits per heavy atom. The van der Waals surface area contributed by atoms with Gasteiger partial charge in [-0.3, -0.25) is 10.1 Å². The van der Waals surface area contributed by atoms with Gasteiger partial charge in [0.1, 0.15) is 6.33 Å².